The molecule has 0 saturated heterocycles. The molecule has 0 fully saturated rings. The second-order valence-corrected chi connectivity index (χ2v) is 6.05. The maximum absolute atomic E-state index is 11.7. The van der Waals surface area contributed by atoms with Gasteiger partial charge in [-0.05, 0) is 31.0 Å². The van der Waals surface area contributed by atoms with Gasteiger partial charge in [0, 0.05) is 17.3 Å². The number of aryl methyl sites for hydroxylation is 1. The van der Waals surface area contributed by atoms with Gasteiger partial charge in [-0.25, -0.2) is 9.78 Å². The Morgan fingerprint density at radius 1 is 1.33 bits per heavy atom. The summed E-state index contributed by atoms with van der Waals surface area (Å²) in [4.78, 5) is 19.4. The van der Waals surface area contributed by atoms with E-state index in [1.54, 1.807) is 19.2 Å². The van der Waals surface area contributed by atoms with Gasteiger partial charge >= 0.3 is 5.97 Å². The van der Waals surface area contributed by atoms with Crippen molar-refractivity contribution < 1.29 is 9.53 Å². The normalized spacial score (nSPS) is 10.6. The third-order valence-corrected chi connectivity index (χ3v) is 4.37. The van der Waals surface area contributed by atoms with Gasteiger partial charge in [-0.2, -0.15) is 0 Å². The molecular weight excluding hydrogens is 322 g/mol. The summed E-state index contributed by atoms with van der Waals surface area (Å²) >= 11 is 1.53. The van der Waals surface area contributed by atoms with E-state index in [1.165, 1.54) is 16.9 Å². The first kappa shape index (κ1) is 16.3. The van der Waals surface area contributed by atoms with E-state index in [4.69, 9.17) is 4.74 Å². The van der Waals surface area contributed by atoms with E-state index in [-0.39, 0.29) is 5.97 Å². The number of esters is 1. The van der Waals surface area contributed by atoms with Gasteiger partial charge in [0.1, 0.15) is 0 Å². The fraction of sp³-hybridized carbons (Fsp3) is 0.222. The molecule has 6 heteroatoms. The summed E-state index contributed by atoms with van der Waals surface area (Å²) in [5, 5.41) is 6.14. The number of carbonyl (C=O) groups is 1. The van der Waals surface area contributed by atoms with Crippen LogP contribution in [-0.4, -0.2) is 22.5 Å². The molecule has 0 aliphatic carbocycles. The Labute approximate surface area is 144 Å². The summed E-state index contributed by atoms with van der Waals surface area (Å²) in [7, 11) is 0. The first-order valence-electron chi connectivity index (χ1n) is 7.87. The van der Waals surface area contributed by atoms with E-state index < -0.39 is 0 Å². The highest BCUT2D eigenvalue weighted by atomic mass is 32.1. The number of ether oxygens (including phenoxy) is 1. The number of hydrogen-bond donors (Lipinski definition) is 2. The summed E-state index contributed by atoms with van der Waals surface area (Å²) in [6.07, 6.45) is 2.60. The van der Waals surface area contributed by atoms with E-state index >= 15 is 0 Å². The number of aromatic nitrogens is 2. The number of nitrogens with zero attached hydrogens (tertiary/aromatic N) is 1. The van der Waals surface area contributed by atoms with Crippen LogP contribution in [0.1, 0.15) is 29.8 Å². The zero-order valence-corrected chi connectivity index (χ0v) is 14.4. The molecule has 0 spiro atoms. The van der Waals surface area contributed by atoms with Crippen molar-refractivity contribution in [2.75, 3.05) is 11.9 Å². The van der Waals surface area contributed by atoms with Crippen LogP contribution in [0.4, 0.5) is 10.8 Å². The molecule has 3 aromatic rings. The molecule has 1 aromatic carbocycles. The SMILES string of the molecule is CCOC(=O)c1c[nH]c(-c2csc(Nc3ccccc3CC)n2)c1. The maximum Gasteiger partial charge on any atom is 0.339 e. The Bertz CT molecular complexity index is 838. The number of rotatable bonds is 6. The van der Waals surface area contributed by atoms with Crippen LogP contribution in [-0.2, 0) is 11.2 Å². The number of thiazole rings is 1. The highest BCUT2D eigenvalue weighted by Gasteiger charge is 2.12. The number of nitrogens with one attached hydrogen (secondary N) is 2. The third-order valence-electron chi connectivity index (χ3n) is 3.61. The van der Waals surface area contributed by atoms with Crippen molar-refractivity contribution in [1.82, 2.24) is 9.97 Å². The van der Waals surface area contributed by atoms with Crippen LogP contribution in [0.25, 0.3) is 11.4 Å². The van der Waals surface area contributed by atoms with E-state index in [9.17, 15) is 4.79 Å². The minimum atomic E-state index is -0.328. The zero-order chi connectivity index (χ0) is 16.9. The molecular formula is C18H19N3O2S. The van der Waals surface area contributed by atoms with E-state index in [0.717, 1.165) is 28.6 Å². The molecule has 0 unspecified atom stereocenters. The lowest BCUT2D eigenvalue weighted by Crippen LogP contribution is -2.02. The molecule has 0 saturated carbocycles. The van der Waals surface area contributed by atoms with Gasteiger partial charge in [-0.3, -0.25) is 0 Å². The quantitative estimate of drug-likeness (QED) is 0.642. The second kappa shape index (κ2) is 7.31. The van der Waals surface area contributed by atoms with Gasteiger partial charge in [-0.1, -0.05) is 25.1 Å². The summed E-state index contributed by atoms with van der Waals surface area (Å²) in [5.41, 5.74) is 4.42. The molecule has 2 heterocycles. The predicted octanol–water partition coefficient (Wildman–Crippen LogP) is 4.62. The molecule has 0 aliphatic rings. The number of hydrogen-bond acceptors (Lipinski definition) is 5. The summed E-state index contributed by atoms with van der Waals surface area (Å²) in [5.74, 6) is -0.328. The molecule has 0 atom stereocenters. The number of aromatic amines is 1. The molecule has 124 valence electrons. The highest BCUT2D eigenvalue weighted by molar-refractivity contribution is 7.14. The molecule has 24 heavy (non-hydrogen) atoms. The zero-order valence-electron chi connectivity index (χ0n) is 13.6. The summed E-state index contributed by atoms with van der Waals surface area (Å²) in [6, 6.07) is 9.96. The van der Waals surface area contributed by atoms with E-state index in [2.05, 4.69) is 28.3 Å². The van der Waals surface area contributed by atoms with E-state index in [1.807, 2.05) is 23.6 Å². The lowest BCUT2D eigenvalue weighted by Gasteiger charge is -2.07. The first-order chi connectivity index (χ1) is 11.7. The van der Waals surface area contributed by atoms with Crippen molar-refractivity contribution in [2.24, 2.45) is 0 Å². The smallest absolute Gasteiger partial charge is 0.339 e. The molecule has 2 N–H and O–H groups in total. The van der Waals surface area contributed by atoms with Crippen LogP contribution in [0, 0.1) is 0 Å². The molecule has 0 bridgehead atoms. The number of carbonyl (C=O) groups excluding carboxylic acids is 1. The van der Waals surface area contributed by atoms with Crippen molar-refractivity contribution in [3.8, 4) is 11.4 Å². The Morgan fingerprint density at radius 2 is 2.17 bits per heavy atom. The topological polar surface area (TPSA) is 67.0 Å². The Kier molecular flexibility index (Phi) is 4.96. The van der Waals surface area contributed by atoms with Crippen molar-refractivity contribution in [2.45, 2.75) is 20.3 Å². The lowest BCUT2D eigenvalue weighted by molar-refractivity contribution is 0.0526. The average molecular weight is 341 g/mol. The van der Waals surface area contributed by atoms with Crippen molar-refractivity contribution in [3.05, 3.63) is 53.0 Å². The summed E-state index contributed by atoms with van der Waals surface area (Å²) in [6.45, 7) is 4.28. The van der Waals surface area contributed by atoms with Gasteiger partial charge in [0.2, 0.25) is 0 Å². The van der Waals surface area contributed by atoms with Gasteiger partial charge in [0.15, 0.2) is 5.13 Å². The summed E-state index contributed by atoms with van der Waals surface area (Å²) < 4.78 is 5.00. The van der Waals surface area contributed by atoms with Crippen LogP contribution in [0.15, 0.2) is 41.9 Å². The monoisotopic (exact) mass is 341 g/mol. The minimum absolute atomic E-state index is 0.328. The lowest BCUT2D eigenvalue weighted by atomic mass is 10.1. The average Bonchev–Trinajstić information content (AvgIpc) is 3.24. The third kappa shape index (κ3) is 3.49. The van der Waals surface area contributed by atoms with Crippen molar-refractivity contribution >= 4 is 28.1 Å². The van der Waals surface area contributed by atoms with E-state index in [0.29, 0.717) is 12.2 Å². The second-order valence-electron chi connectivity index (χ2n) is 5.20. The van der Waals surface area contributed by atoms with Gasteiger partial charge in [0.25, 0.3) is 0 Å². The molecule has 0 aliphatic heterocycles. The van der Waals surface area contributed by atoms with Crippen LogP contribution in [0.3, 0.4) is 0 Å². The first-order valence-corrected chi connectivity index (χ1v) is 8.75. The number of anilines is 2. The number of para-hydroxylation sites is 1. The van der Waals surface area contributed by atoms with Gasteiger partial charge in [-0.15, -0.1) is 11.3 Å². The number of H-pyrrole nitrogens is 1. The number of benzene rings is 1. The fourth-order valence-electron chi connectivity index (χ4n) is 2.40. The Hall–Kier alpha value is -2.60. The predicted molar refractivity (Wildman–Crippen MR) is 97.0 cm³/mol. The van der Waals surface area contributed by atoms with Gasteiger partial charge in [0.05, 0.1) is 23.6 Å². The molecule has 3 rings (SSSR count). The standard InChI is InChI=1S/C18H19N3O2S/c1-3-12-7-5-6-8-14(12)20-18-21-16(11-24-18)15-9-13(10-19-15)17(22)23-4-2/h5-11,19H,3-4H2,1-2H3,(H,20,21). The van der Waals surface area contributed by atoms with Crippen LogP contribution in [0.2, 0.25) is 0 Å². The highest BCUT2D eigenvalue weighted by Crippen LogP contribution is 2.28. The maximum atomic E-state index is 11.7. The molecule has 5 nitrogen and oxygen atoms in total. The van der Waals surface area contributed by atoms with Crippen LogP contribution in [0.5, 0.6) is 0 Å². The minimum Gasteiger partial charge on any atom is -0.462 e. The molecule has 0 amide bonds. The largest absolute Gasteiger partial charge is 0.462 e. The van der Waals surface area contributed by atoms with Crippen molar-refractivity contribution in [1.29, 1.82) is 0 Å². The fourth-order valence-corrected chi connectivity index (χ4v) is 3.12. The Balaban J connectivity index is 1.77. The van der Waals surface area contributed by atoms with Crippen molar-refractivity contribution in [3.63, 3.8) is 0 Å². The molecule has 0 radical (unpaired) electrons. The Morgan fingerprint density at radius 3 is 2.96 bits per heavy atom. The van der Waals surface area contributed by atoms with Crippen LogP contribution < -0.4 is 5.32 Å². The van der Waals surface area contributed by atoms with Gasteiger partial charge < -0.3 is 15.0 Å². The van der Waals surface area contributed by atoms with Crippen LogP contribution >= 0.6 is 11.3 Å². The molecule has 2 aromatic heterocycles.